The SMILES string of the molecule is Cc1ccc(-n2cc(C(C)Br)nn2)cc1[N+](=O)[O-]. The molecule has 0 amide bonds. The number of hydrogen-bond acceptors (Lipinski definition) is 4. The minimum Gasteiger partial charge on any atom is -0.258 e. The number of aryl methyl sites for hydroxylation is 1. The van der Waals surface area contributed by atoms with Gasteiger partial charge in [0, 0.05) is 11.6 Å². The summed E-state index contributed by atoms with van der Waals surface area (Å²) in [6.07, 6.45) is 1.74. The first kappa shape index (κ1) is 12.7. The molecule has 2 aromatic rings. The summed E-state index contributed by atoms with van der Waals surface area (Å²) in [5.74, 6) is 0. The number of halogens is 1. The highest BCUT2D eigenvalue weighted by Crippen LogP contribution is 2.23. The van der Waals surface area contributed by atoms with Crippen molar-refractivity contribution in [2.75, 3.05) is 0 Å². The molecule has 6 nitrogen and oxygen atoms in total. The summed E-state index contributed by atoms with van der Waals surface area (Å²) in [5.41, 5.74) is 2.10. The summed E-state index contributed by atoms with van der Waals surface area (Å²) in [5, 5.41) is 18.8. The smallest absolute Gasteiger partial charge is 0.258 e. The van der Waals surface area contributed by atoms with E-state index in [2.05, 4.69) is 26.2 Å². The Kier molecular flexibility index (Phi) is 3.42. The Bertz CT molecular complexity index is 594. The molecule has 2 rings (SSSR count). The Morgan fingerprint density at radius 1 is 1.50 bits per heavy atom. The van der Waals surface area contributed by atoms with Crippen LogP contribution in [0.1, 0.15) is 23.0 Å². The zero-order chi connectivity index (χ0) is 13.3. The number of benzene rings is 1. The van der Waals surface area contributed by atoms with E-state index in [4.69, 9.17) is 0 Å². The predicted molar refractivity (Wildman–Crippen MR) is 70.1 cm³/mol. The van der Waals surface area contributed by atoms with Gasteiger partial charge in [0.1, 0.15) is 0 Å². The lowest BCUT2D eigenvalue weighted by Crippen LogP contribution is -1.98. The summed E-state index contributed by atoms with van der Waals surface area (Å²) >= 11 is 3.39. The predicted octanol–water partition coefficient (Wildman–Crippen LogP) is 2.94. The summed E-state index contributed by atoms with van der Waals surface area (Å²) in [7, 11) is 0. The molecule has 0 saturated heterocycles. The van der Waals surface area contributed by atoms with Gasteiger partial charge in [-0.2, -0.15) is 0 Å². The van der Waals surface area contributed by atoms with E-state index in [0.717, 1.165) is 5.69 Å². The molecule has 0 saturated carbocycles. The van der Waals surface area contributed by atoms with Crippen LogP contribution in [0, 0.1) is 17.0 Å². The van der Waals surface area contributed by atoms with Gasteiger partial charge in [-0.3, -0.25) is 10.1 Å². The number of hydrogen-bond donors (Lipinski definition) is 0. The summed E-state index contributed by atoms with van der Waals surface area (Å²) in [4.78, 5) is 10.6. The first-order chi connectivity index (χ1) is 8.49. The van der Waals surface area contributed by atoms with Crippen molar-refractivity contribution in [3.63, 3.8) is 0 Å². The molecule has 1 atom stereocenters. The highest BCUT2D eigenvalue weighted by atomic mass is 79.9. The lowest BCUT2D eigenvalue weighted by Gasteiger charge is -2.02. The van der Waals surface area contributed by atoms with Gasteiger partial charge in [0.15, 0.2) is 0 Å². The molecule has 1 unspecified atom stereocenters. The third-order valence-corrected chi connectivity index (χ3v) is 3.04. The van der Waals surface area contributed by atoms with Crippen LogP contribution in [0.4, 0.5) is 5.69 Å². The Balaban J connectivity index is 2.44. The van der Waals surface area contributed by atoms with Crippen molar-refractivity contribution in [3.8, 4) is 5.69 Å². The number of nitrogens with zero attached hydrogens (tertiary/aromatic N) is 4. The second kappa shape index (κ2) is 4.85. The van der Waals surface area contributed by atoms with E-state index < -0.39 is 4.92 Å². The highest BCUT2D eigenvalue weighted by Gasteiger charge is 2.13. The van der Waals surface area contributed by atoms with Gasteiger partial charge in [0.25, 0.3) is 5.69 Å². The molecule has 7 heteroatoms. The van der Waals surface area contributed by atoms with E-state index in [-0.39, 0.29) is 10.5 Å². The van der Waals surface area contributed by atoms with Crippen LogP contribution < -0.4 is 0 Å². The monoisotopic (exact) mass is 310 g/mol. The number of aromatic nitrogens is 3. The molecule has 0 radical (unpaired) electrons. The molecule has 1 aromatic heterocycles. The lowest BCUT2D eigenvalue weighted by molar-refractivity contribution is -0.385. The van der Waals surface area contributed by atoms with Crippen molar-refractivity contribution in [1.82, 2.24) is 15.0 Å². The van der Waals surface area contributed by atoms with Crippen molar-refractivity contribution in [2.45, 2.75) is 18.7 Å². The molecule has 94 valence electrons. The average Bonchev–Trinajstić information content (AvgIpc) is 2.78. The largest absolute Gasteiger partial charge is 0.274 e. The van der Waals surface area contributed by atoms with E-state index >= 15 is 0 Å². The second-order valence-electron chi connectivity index (χ2n) is 3.93. The Morgan fingerprint density at radius 3 is 2.78 bits per heavy atom. The zero-order valence-corrected chi connectivity index (χ0v) is 11.5. The van der Waals surface area contributed by atoms with Crippen LogP contribution in [-0.2, 0) is 0 Å². The Hall–Kier alpha value is -1.76. The topological polar surface area (TPSA) is 73.8 Å². The van der Waals surface area contributed by atoms with E-state index in [1.165, 1.54) is 10.7 Å². The van der Waals surface area contributed by atoms with Gasteiger partial charge in [0.05, 0.1) is 27.3 Å². The van der Waals surface area contributed by atoms with Crippen molar-refractivity contribution >= 4 is 21.6 Å². The van der Waals surface area contributed by atoms with Crippen LogP contribution in [-0.4, -0.2) is 19.9 Å². The summed E-state index contributed by atoms with van der Waals surface area (Å²) in [6, 6.07) is 4.97. The molecular formula is C11H11BrN4O2. The fourth-order valence-corrected chi connectivity index (χ4v) is 1.73. The maximum Gasteiger partial charge on any atom is 0.274 e. The Labute approximate surface area is 112 Å². The van der Waals surface area contributed by atoms with Crippen molar-refractivity contribution in [2.24, 2.45) is 0 Å². The van der Waals surface area contributed by atoms with Crippen LogP contribution in [0.2, 0.25) is 0 Å². The van der Waals surface area contributed by atoms with E-state index in [0.29, 0.717) is 11.3 Å². The van der Waals surface area contributed by atoms with Crippen LogP contribution in [0.25, 0.3) is 5.69 Å². The molecule has 0 aliphatic rings. The quantitative estimate of drug-likeness (QED) is 0.496. The third kappa shape index (κ3) is 2.40. The fourth-order valence-electron chi connectivity index (χ4n) is 1.52. The maximum atomic E-state index is 10.9. The second-order valence-corrected chi connectivity index (χ2v) is 5.31. The number of rotatable bonds is 3. The molecule has 18 heavy (non-hydrogen) atoms. The van der Waals surface area contributed by atoms with Gasteiger partial charge in [0.2, 0.25) is 0 Å². The average molecular weight is 311 g/mol. The molecule has 0 spiro atoms. The summed E-state index contributed by atoms with van der Waals surface area (Å²) in [6.45, 7) is 3.64. The van der Waals surface area contributed by atoms with Crippen molar-refractivity contribution in [1.29, 1.82) is 0 Å². The molecule has 0 N–H and O–H groups in total. The molecule has 0 aliphatic heterocycles. The first-order valence-electron chi connectivity index (χ1n) is 5.31. The van der Waals surface area contributed by atoms with Crippen LogP contribution in [0.3, 0.4) is 0 Å². The maximum absolute atomic E-state index is 10.9. The Morgan fingerprint density at radius 2 is 2.22 bits per heavy atom. The normalized spacial score (nSPS) is 12.4. The van der Waals surface area contributed by atoms with Crippen LogP contribution >= 0.6 is 15.9 Å². The third-order valence-electron chi connectivity index (χ3n) is 2.57. The van der Waals surface area contributed by atoms with Crippen LogP contribution in [0.15, 0.2) is 24.4 Å². The molecule has 0 fully saturated rings. The lowest BCUT2D eigenvalue weighted by atomic mass is 10.2. The molecule has 1 heterocycles. The minimum atomic E-state index is -0.399. The van der Waals surface area contributed by atoms with Crippen LogP contribution in [0.5, 0.6) is 0 Å². The van der Waals surface area contributed by atoms with E-state index in [1.54, 1.807) is 25.3 Å². The van der Waals surface area contributed by atoms with Crippen molar-refractivity contribution in [3.05, 3.63) is 45.8 Å². The number of nitro groups is 1. The number of nitro benzene ring substituents is 1. The summed E-state index contributed by atoms with van der Waals surface area (Å²) < 4.78 is 1.53. The first-order valence-corrected chi connectivity index (χ1v) is 6.22. The molecular weight excluding hydrogens is 300 g/mol. The zero-order valence-electron chi connectivity index (χ0n) is 9.87. The van der Waals surface area contributed by atoms with Gasteiger partial charge in [-0.1, -0.05) is 27.2 Å². The molecule has 0 aliphatic carbocycles. The molecule has 0 bridgehead atoms. The minimum absolute atomic E-state index is 0.0800. The van der Waals surface area contributed by atoms with E-state index in [9.17, 15) is 10.1 Å². The van der Waals surface area contributed by atoms with Gasteiger partial charge in [-0.05, 0) is 19.9 Å². The standard InChI is InChI=1S/C11H11BrN4O2/c1-7-3-4-9(5-11(7)16(17)18)15-6-10(8(2)12)13-14-15/h3-6,8H,1-2H3. The highest BCUT2D eigenvalue weighted by molar-refractivity contribution is 9.09. The van der Waals surface area contributed by atoms with Gasteiger partial charge >= 0.3 is 0 Å². The fraction of sp³-hybridized carbons (Fsp3) is 0.273. The van der Waals surface area contributed by atoms with Gasteiger partial charge < -0.3 is 0 Å². The molecule has 1 aromatic carbocycles. The van der Waals surface area contributed by atoms with Crippen molar-refractivity contribution < 1.29 is 4.92 Å². The van der Waals surface area contributed by atoms with Gasteiger partial charge in [-0.15, -0.1) is 5.10 Å². The van der Waals surface area contributed by atoms with E-state index in [1.807, 2.05) is 6.92 Å². The van der Waals surface area contributed by atoms with Gasteiger partial charge in [-0.25, -0.2) is 4.68 Å². The number of alkyl halides is 1.